The van der Waals surface area contributed by atoms with Gasteiger partial charge in [0.15, 0.2) is 0 Å². The molecule has 2 rings (SSSR count). The minimum absolute atomic E-state index is 0. The average molecular weight is 408 g/mol. The first-order chi connectivity index (χ1) is 11.1. The molecule has 0 fully saturated rings. The Kier molecular flexibility index (Phi) is 11.6. The van der Waals surface area contributed by atoms with E-state index in [0.29, 0.717) is 17.8 Å². The molecule has 1 aromatic heterocycles. The van der Waals surface area contributed by atoms with Gasteiger partial charge in [-0.25, -0.2) is 9.37 Å². The van der Waals surface area contributed by atoms with Crippen molar-refractivity contribution in [3.63, 3.8) is 0 Å². The van der Waals surface area contributed by atoms with Gasteiger partial charge in [0.25, 0.3) is 5.91 Å². The minimum atomic E-state index is -0.249. The molecule has 1 heterocycles. The van der Waals surface area contributed by atoms with Gasteiger partial charge >= 0.3 is 0 Å². The summed E-state index contributed by atoms with van der Waals surface area (Å²) in [4.78, 5) is 17.3. The molecular weight excluding hydrogens is 384 g/mol. The molecule has 8 heteroatoms. The van der Waals surface area contributed by atoms with Crippen LogP contribution in [0.15, 0.2) is 24.3 Å². The third-order valence-corrected chi connectivity index (χ3v) is 4.49. The molecule has 1 aromatic carbocycles. The first-order valence-corrected chi connectivity index (χ1v) is 8.61. The maximum atomic E-state index is 12.9. The van der Waals surface area contributed by atoms with Gasteiger partial charge in [0, 0.05) is 19.5 Å². The zero-order chi connectivity index (χ0) is 16.7. The lowest BCUT2D eigenvalue weighted by Gasteiger charge is -2.04. The number of carbonyl (C=O) groups excluding carboxylic acids is 1. The highest BCUT2D eigenvalue weighted by molar-refractivity contribution is 7.13. The molecule has 0 aliphatic carbocycles. The van der Waals surface area contributed by atoms with Crippen LogP contribution in [0.4, 0.5) is 4.39 Å². The summed E-state index contributed by atoms with van der Waals surface area (Å²) in [6, 6.07) is 6.36. The van der Waals surface area contributed by atoms with Crippen LogP contribution >= 0.6 is 36.2 Å². The Labute approximate surface area is 164 Å². The van der Waals surface area contributed by atoms with Crippen molar-refractivity contribution < 1.29 is 9.18 Å². The topological polar surface area (TPSA) is 54.0 Å². The molecular formula is C17H24Cl2FN3OS. The van der Waals surface area contributed by atoms with E-state index in [4.69, 9.17) is 0 Å². The average Bonchev–Trinajstić information content (AvgIpc) is 2.90. The van der Waals surface area contributed by atoms with Crippen molar-refractivity contribution in [2.75, 3.05) is 19.6 Å². The molecule has 140 valence electrons. The Bertz CT molecular complexity index is 650. The second kappa shape index (κ2) is 12.2. The minimum Gasteiger partial charge on any atom is -0.350 e. The predicted molar refractivity (Wildman–Crippen MR) is 106 cm³/mol. The molecule has 0 saturated heterocycles. The lowest BCUT2D eigenvalue weighted by atomic mass is 10.1. The van der Waals surface area contributed by atoms with E-state index in [1.165, 1.54) is 23.5 Å². The Morgan fingerprint density at radius 3 is 2.48 bits per heavy atom. The van der Waals surface area contributed by atoms with Crippen LogP contribution in [0.25, 0.3) is 0 Å². The number of halogens is 3. The molecule has 0 radical (unpaired) electrons. The van der Waals surface area contributed by atoms with Crippen LogP contribution in [0.5, 0.6) is 0 Å². The normalized spacial score (nSPS) is 9.88. The van der Waals surface area contributed by atoms with Crippen molar-refractivity contribution in [1.29, 1.82) is 0 Å². The number of benzene rings is 1. The van der Waals surface area contributed by atoms with Crippen LogP contribution in [-0.4, -0.2) is 30.5 Å². The monoisotopic (exact) mass is 407 g/mol. The maximum Gasteiger partial charge on any atom is 0.263 e. The molecule has 0 spiro atoms. The van der Waals surface area contributed by atoms with Crippen molar-refractivity contribution in [1.82, 2.24) is 15.6 Å². The highest BCUT2D eigenvalue weighted by Gasteiger charge is 2.15. The smallest absolute Gasteiger partial charge is 0.263 e. The van der Waals surface area contributed by atoms with Crippen molar-refractivity contribution in [3.05, 3.63) is 51.2 Å². The summed E-state index contributed by atoms with van der Waals surface area (Å²) in [7, 11) is 0. The first kappa shape index (κ1) is 23.8. The quantitative estimate of drug-likeness (QED) is 0.654. The zero-order valence-corrected chi connectivity index (χ0v) is 16.8. The molecule has 0 atom stereocenters. The number of carbonyl (C=O) groups is 1. The zero-order valence-electron chi connectivity index (χ0n) is 14.3. The highest BCUT2D eigenvalue weighted by atomic mass is 35.5. The standard InChI is InChI=1S/C17H22FN3OS.2ClH/c1-3-8-19-9-10-20-17(22)16-12(2)21-15(23-16)11-13-4-6-14(18)7-5-13;;/h4-7,19H,3,8-11H2,1-2H3,(H,20,22);2*1H. The SMILES string of the molecule is CCCNCCNC(=O)c1sc(Cc2ccc(F)cc2)nc1C.Cl.Cl. The van der Waals surface area contributed by atoms with Crippen molar-refractivity contribution in [2.24, 2.45) is 0 Å². The predicted octanol–water partition coefficient (Wildman–Crippen LogP) is 3.75. The van der Waals surface area contributed by atoms with E-state index in [1.807, 2.05) is 6.92 Å². The third kappa shape index (κ3) is 7.69. The summed E-state index contributed by atoms with van der Waals surface area (Å²) >= 11 is 1.40. The molecule has 0 unspecified atom stereocenters. The summed E-state index contributed by atoms with van der Waals surface area (Å²) in [5.74, 6) is -0.329. The first-order valence-electron chi connectivity index (χ1n) is 7.79. The Balaban J connectivity index is 0.00000288. The highest BCUT2D eigenvalue weighted by Crippen LogP contribution is 2.21. The number of nitrogens with zero attached hydrogens (tertiary/aromatic N) is 1. The molecule has 25 heavy (non-hydrogen) atoms. The molecule has 0 saturated carbocycles. The van der Waals surface area contributed by atoms with E-state index < -0.39 is 0 Å². The van der Waals surface area contributed by atoms with Crippen molar-refractivity contribution >= 4 is 42.1 Å². The molecule has 4 nitrogen and oxygen atoms in total. The van der Waals surface area contributed by atoms with Gasteiger partial charge in [-0.1, -0.05) is 19.1 Å². The number of hydrogen-bond acceptors (Lipinski definition) is 4. The van der Waals surface area contributed by atoms with Crippen LogP contribution in [0.1, 0.15) is 39.3 Å². The van der Waals surface area contributed by atoms with Gasteiger partial charge in [-0.3, -0.25) is 4.79 Å². The van der Waals surface area contributed by atoms with Crippen molar-refractivity contribution in [2.45, 2.75) is 26.7 Å². The Morgan fingerprint density at radius 1 is 1.16 bits per heavy atom. The lowest BCUT2D eigenvalue weighted by Crippen LogP contribution is -2.32. The fourth-order valence-corrected chi connectivity index (χ4v) is 3.18. The van der Waals surface area contributed by atoms with Gasteiger partial charge in [0.1, 0.15) is 10.7 Å². The van der Waals surface area contributed by atoms with E-state index in [0.717, 1.165) is 35.8 Å². The Morgan fingerprint density at radius 2 is 1.84 bits per heavy atom. The van der Waals surface area contributed by atoms with E-state index >= 15 is 0 Å². The van der Waals surface area contributed by atoms with Gasteiger partial charge in [0.05, 0.1) is 10.7 Å². The fraction of sp³-hybridized carbons (Fsp3) is 0.412. The summed E-state index contributed by atoms with van der Waals surface area (Å²) in [5, 5.41) is 7.01. The number of rotatable bonds is 8. The number of aryl methyl sites for hydroxylation is 1. The molecule has 2 N–H and O–H groups in total. The van der Waals surface area contributed by atoms with Crippen LogP contribution < -0.4 is 10.6 Å². The Hall–Kier alpha value is -1.21. The summed E-state index contributed by atoms with van der Waals surface area (Å²) in [5.41, 5.74) is 1.72. The summed E-state index contributed by atoms with van der Waals surface area (Å²) in [6.07, 6.45) is 1.69. The number of aromatic nitrogens is 1. The summed E-state index contributed by atoms with van der Waals surface area (Å²) in [6.45, 7) is 6.27. The molecule has 1 amide bonds. The maximum absolute atomic E-state index is 12.9. The van der Waals surface area contributed by atoms with E-state index in [2.05, 4.69) is 22.5 Å². The van der Waals surface area contributed by atoms with Crippen LogP contribution in [0.2, 0.25) is 0 Å². The van der Waals surface area contributed by atoms with Gasteiger partial charge in [-0.15, -0.1) is 36.2 Å². The fourth-order valence-electron chi connectivity index (χ4n) is 2.16. The van der Waals surface area contributed by atoms with Gasteiger partial charge in [-0.2, -0.15) is 0 Å². The molecule has 0 bridgehead atoms. The van der Waals surface area contributed by atoms with E-state index in [9.17, 15) is 9.18 Å². The van der Waals surface area contributed by atoms with Gasteiger partial charge in [0.2, 0.25) is 0 Å². The number of nitrogens with one attached hydrogen (secondary N) is 2. The van der Waals surface area contributed by atoms with Crippen LogP contribution in [0.3, 0.4) is 0 Å². The largest absolute Gasteiger partial charge is 0.350 e. The van der Waals surface area contributed by atoms with E-state index in [-0.39, 0.29) is 36.5 Å². The molecule has 2 aromatic rings. The summed E-state index contributed by atoms with van der Waals surface area (Å²) < 4.78 is 12.9. The van der Waals surface area contributed by atoms with Crippen molar-refractivity contribution in [3.8, 4) is 0 Å². The van der Waals surface area contributed by atoms with Gasteiger partial charge in [-0.05, 0) is 37.6 Å². The number of hydrogen-bond donors (Lipinski definition) is 2. The van der Waals surface area contributed by atoms with E-state index in [1.54, 1.807) is 12.1 Å². The van der Waals surface area contributed by atoms with Gasteiger partial charge < -0.3 is 10.6 Å². The van der Waals surface area contributed by atoms with Crippen LogP contribution in [-0.2, 0) is 6.42 Å². The third-order valence-electron chi connectivity index (χ3n) is 3.33. The van der Waals surface area contributed by atoms with Crippen LogP contribution in [0, 0.1) is 12.7 Å². The second-order valence-electron chi connectivity index (χ2n) is 5.33. The number of amides is 1. The molecule has 0 aliphatic heterocycles. The number of thiazole rings is 1. The molecule has 0 aliphatic rings. The lowest BCUT2D eigenvalue weighted by molar-refractivity contribution is 0.0957. The second-order valence-corrected chi connectivity index (χ2v) is 6.41.